The lowest BCUT2D eigenvalue weighted by Gasteiger charge is -2.00. The van der Waals surface area contributed by atoms with Crippen molar-refractivity contribution < 1.29 is 19.1 Å². The number of hydrogen-bond donors (Lipinski definition) is 2. The van der Waals surface area contributed by atoms with Crippen molar-refractivity contribution in [1.82, 2.24) is 0 Å². The Bertz CT molecular complexity index is 398. The first-order chi connectivity index (χ1) is 7.08. The minimum absolute atomic E-state index is 0.399. The lowest BCUT2D eigenvalue weighted by molar-refractivity contribution is -0.131. The van der Waals surface area contributed by atoms with Gasteiger partial charge in [0.2, 0.25) is 5.91 Å². The molecule has 1 rings (SSSR count). The van der Waals surface area contributed by atoms with Gasteiger partial charge in [0.1, 0.15) is 5.82 Å². The number of anilines is 1. The van der Waals surface area contributed by atoms with E-state index >= 15 is 0 Å². The fourth-order valence-electron chi connectivity index (χ4n) is 0.864. The summed E-state index contributed by atoms with van der Waals surface area (Å²) in [6.45, 7) is 0. The summed E-state index contributed by atoms with van der Waals surface area (Å²) in [5, 5.41) is 10.6. The van der Waals surface area contributed by atoms with Crippen LogP contribution in [-0.2, 0) is 9.59 Å². The average molecular weight is 209 g/mol. The van der Waals surface area contributed by atoms with E-state index in [-0.39, 0.29) is 0 Å². The first kappa shape index (κ1) is 10.9. The number of nitrogens with one attached hydrogen (secondary N) is 1. The standard InChI is InChI=1S/C10H8FNO3/c11-7-1-3-8(4-2-7)12-9(13)5-6-10(14)15/h1-6H,(H,12,13)(H,14,15)/b6-5+. The molecule has 0 aliphatic carbocycles. The van der Waals surface area contributed by atoms with Crippen LogP contribution in [-0.4, -0.2) is 17.0 Å². The average Bonchev–Trinajstić information content (AvgIpc) is 2.19. The van der Waals surface area contributed by atoms with E-state index in [4.69, 9.17) is 5.11 Å². The maximum absolute atomic E-state index is 12.5. The van der Waals surface area contributed by atoms with E-state index in [1.54, 1.807) is 0 Å². The Morgan fingerprint density at radius 2 is 1.80 bits per heavy atom. The van der Waals surface area contributed by atoms with Gasteiger partial charge < -0.3 is 10.4 Å². The quantitative estimate of drug-likeness (QED) is 0.739. The molecule has 0 aromatic heterocycles. The molecule has 0 radical (unpaired) electrons. The number of carboxylic acids is 1. The maximum Gasteiger partial charge on any atom is 0.328 e. The van der Waals surface area contributed by atoms with Crippen LogP contribution in [0.1, 0.15) is 0 Å². The molecule has 0 saturated heterocycles. The summed E-state index contributed by atoms with van der Waals surface area (Å²) in [4.78, 5) is 21.1. The van der Waals surface area contributed by atoms with Crippen LogP contribution in [0, 0.1) is 5.82 Å². The summed E-state index contributed by atoms with van der Waals surface area (Å²) in [6, 6.07) is 5.14. The van der Waals surface area contributed by atoms with E-state index in [1.807, 2.05) is 0 Å². The molecule has 0 bridgehead atoms. The van der Waals surface area contributed by atoms with Crippen molar-refractivity contribution >= 4 is 17.6 Å². The second kappa shape index (κ2) is 4.90. The predicted octanol–water partition coefficient (Wildman–Crippen LogP) is 1.40. The van der Waals surface area contributed by atoms with Gasteiger partial charge in [-0.2, -0.15) is 0 Å². The molecule has 15 heavy (non-hydrogen) atoms. The fraction of sp³-hybridized carbons (Fsp3) is 0. The van der Waals surface area contributed by atoms with E-state index in [0.29, 0.717) is 5.69 Å². The van der Waals surface area contributed by atoms with Crippen molar-refractivity contribution in [2.45, 2.75) is 0 Å². The van der Waals surface area contributed by atoms with Crippen molar-refractivity contribution in [3.8, 4) is 0 Å². The number of carboxylic acid groups (broad SMARTS) is 1. The van der Waals surface area contributed by atoms with Crippen LogP contribution in [0.3, 0.4) is 0 Å². The van der Waals surface area contributed by atoms with E-state index in [0.717, 1.165) is 12.2 Å². The maximum atomic E-state index is 12.5. The van der Waals surface area contributed by atoms with Crippen molar-refractivity contribution in [1.29, 1.82) is 0 Å². The Hall–Kier alpha value is -2.17. The van der Waals surface area contributed by atoms with E-state index in [1.165, 1.54) is 24.3 Å². The summed E-state index contributed by atoms with van der Waals surface area (Å²) < 4.78 is 12.5. The molecule has 0 fully saturated rings. The Kier molecular flexibility index (Phi) is 3.56. The lowest BCUT2D eigenvalue weighted by atomic mass is 10.3. The first-order valence-electron chi connectivity index (χ1n) is 4.05. The van der Waals surface area contributed by atoms with Crippen molar-refractivity contribution in [3.05, 3.63) is 42.2 Å². The van der Waals surface area contributed by atoms with Crippen molar-refractivity contribution in [3.63, 3.8) is 0 Å². The number of aliphatic carboxylic acids is 1. The molecule has 5 heteroatoms. The molecular formula is C10H8FNO3. The van der Waals surface area contributed by atoms with Crippen LogP contribution in [0.15, 0.2) is 36.4 Å². The normalized spacial score (nSPS) is 10.2. The number of hydrogen-bond acceptors (Lipinski definition) is 2. The molecule has 0 unspecified atom stereocenters. The molecule has 0 atom stereocenters. The van der Waals surface area contributed by atoms with Gasteiger partial charge in [-0.1, -0.05) is 0 Å². The third-order valence-corrected chi connectivity index (χ3v) is 1.49. The largest absolute Gasteiger partial charge is 0.478 e. The molecule has 1 amide bonds. The number of carbonyl (C=O) groups excluding carboxylic acids is 1. The van der Waals surface area contributed by atoms with Crippen LogP contribution in [0.25, 0.3) is 0 Å². The molecule has 4 nitrogen and oxygen atoms in total. The molecule has 1 aromatic carbocycles. The zero-order valence-corrected chi connectivity index (χ0v) is 7.61. The Morgan fingerprint density at radius 1 is 1.20 bits per heavy atom. The minimum atomic E-state index is -1.20. The number of amides is 1. The van der Waals surface area contributed by atoms with Crippen LogP contribution in [0.2, 0.25) is 0 Å². The summed E-state index contributed by atoms with van der Waals surface area (Å²) in [7, 11) is 0. The fourth-order valence-corrected chi connectivity index (χ4v) is 0.864. The highest BCUT2D eigenvalue weighted by atomic mass is 19.1. The number of rotatable bonds is 3. The summed E-state index contributed by atoms with van der Waals surface area (Å²) >= 11 is 0. The monoisotopic (exact) mass is 209 g/mol. The Morgan fingerprint density at radius 3 is 2.33 bits per heavy atom. The van der Waals surface area contributed by atoms with Crippen LogP contribution in [0.4, 0.5) is 10.1 Å². The smallest absolute Gasteiger partial charge is 0.328 e. The molecule has 78 valence electrons. The van der Waals surface area contributed by atoms with Gasteiger partial charge in [-0.25, -0.2) is 9.18 Å². The molecule has 2 N–H and O–H groups in total. The highest BCUT2D eigenvalue weighted by Crippen LogP contribution is 2.07. The van der Waals surface area contributed by atoms with Crippen LogP contribution in [0.5, 0.6) is 0 Å². The highest BCUT2D eigenvalue weighted by molar-refractivity contribution is 6.02. The van der Waals surface area contributed by atoms with Gasteiger partial charge in [-0.3, -0.25) is 4.79 Å². The molecule has 0 aliphatic rings. The number of benzene rings is 1. The minimum Gasteiger partial charge on any atom is -0.478 e. The van der Waals surface area contributed by atoms with Gasteiger partial charge in [-0.15, -0.1) is 0 Å². The number of halogens is 1. The Labute approximate surface area is 85.0 Å². The third kappa shape index (κ3) is 4.04. The number of carbonyl (C=O) groups is 2. The molecule has 0 saturated carbocycles. The molecule has 0 heterocycles. The summed E-state index contributed by atoms with van der Waals surface area (Å²) in [5.41, 5.74) is 0.399. The van der Waals surface area contributed by atoms with Crippen LogP contribution < -0.4 is 5.32 Å². The van der Waals surface area contributed by atoms with Gasteiger partial charge in [0, 0.05) is 17.8 Å². The van der Waals surface area contributed by atoms with Crippen molar-refractivity contribution in [2.24, 2.45) is 0 Å². The second-order valence-corrected chi connectivity index (χ2v) is 2.67. The SMILES string of the molecule is O=C(O)/C=C/C(=O)Nc1ccc(F)cc1. The van der Waals surface area contributed by atoms with E-state index in [2.05, 4.69) is 5.32 Å². The molecule has 1 aromatic rings. The van der Waals surface area contributed by atoms with Gasteiger partial charge in [0.15, 0.2) is 0 Å². The third-order valence-electron chi connectivity index (χ3n) is 1.49. The predicted molar refractivity (Wildman–Crippen MR) is 51.8 cm³/mol. The van der Waals surface area contributed by atoms with Crippen LogP contribution >= 0.6 is 0 Å². The van der Waals surface area contributed by atoms with Gasteiger partial charge in [-0.05, 0) is 24.3 Å². The highest BCUT2D eigenvalue weighted by Gasteiger charge is 1.98. The van der Waals surface area contributed by atoms with Gasteiger partial charge >= 0.3 is 5.97 Å². The zero-order valence-electron chi connectivity index (χ0n) is 7.61. The van der Waals surface area contributed by atoms with Crippen molar-refractivity contribution in [2.75, 3.05) is 5.32 Å². The first-order valence-corrected chi connectivity index (χ1v) is 4.05. The Balaban J connectivity index is 2.59. The molecule has 0 spiro atoms. The van der Waals surface area contributed by atoms with Gasteiger partial charge in [0.25, 0.3) is 0 Å². The zero-order chi connectivity index (χ0) is 11.3. The second-order valence-electron chi connectivity index (χ2n) is 2.67. The van der Waals surface area contributed by atoms with E-state index in [9.17, 15) is 14.0 Å². The van der Waals surface area contributed by atoms with Gasteiger partial charge in [0.05, 0.1) is 0 Å². The van der Waals surface area contributed by atoms with E-state index < -0.39 is 17.7 Å². The summed E-state index contributed by atoms with van der Waals surface area (Å²) in [6.07, 6.45) is 1.60. The topological polar surface area (TPSA) is 66.4 Å². The lowest BCUT2D eigenvalue weighted by Crippen LogP contribution is -2.08. The summed E-state index contributed by atoms with van der Waals surface area (Å²) in [5.74, 6) is -2.19. The molecule has 0 aliphatic heterocycles. The molecular weight excluding hydrogens is 201 g/mol.